The van der Waals surface area contributed by atoms with Gasteiger partial charge in [0.25, 0.3) is 0 Å². The summed E-state index contributed by atoms with van der Waals surface area (Å²) in [6.45, 7) is -0.291. The van der Waals surface area contributed by atoms with Gasteiger partial charge in [-0.1, -0.05) is 12.1 Å². The van der Waals surface area contributed by atoms with Crippen LogP contribution in [-0.4, -0.2) is 11.9 Å². The van der Waals surface area contributed by atoms with Crippen LogP contribution >= 0.6 is 0 Å². The number of carbonyl (C=O) groups excluding carboxylic acids is 2. The van der Waals surface area contributed by atoms with Crippen molar-refractivity contribution < 1.29 is 27.5 Å². The maximum atomic E-state index is 12.6. The van der Waals surface area contributed by atoms with E-state index in [1.54, 1.807) is 0 Å². The lowest BCUT2D eigenvalue weighted by Gasteiger charge is -2.09. The molecule has 0 fully saturated rings. The van der Waals surface area contributed by atoms with Crippen LogP contribution in [0, 0.1) is 0 Å². The first-order valence-corrected chi connectivity index (χ1v) is 6.50. The molecule has 0 heterocycles. The molecule has 0 radical (unpaired) electrons. The Hall–Kier alpha value is -2.83. The van der Waals surface area contributed by atoms with E-state index in [9.17, 15) is 22.8 Å². The van der Waals surface area contributed by atoms with E-state index < -0.39 is 23.6 Å². The molecule has 23 heavy (non-hydrogen) atoms. The Kier molecular flexibility index (Phi) is 4.68. The van der Waals surface area contributed by atoms with Crippen LogP contribution in [0.4, 0.5) is 13.2 Å². The third-order valence-corrected chi connectivity index (χ3v) is 3.03. The van der Waals surface area contributed by atoms with Crippen molar-refractivity contribution in [2.45, 2.75) is 12.8 Å². The lowest BCUT2D eigenvalue weighted by molar-refractivity contribution is -0.137. The molecule has 120 valence electrons. The highest BCUT2D eigenvalue weighted by Gasteiger charge is 2.30. The van der Waals surface area contributed by atoms with E-state index in [1.807, 2.05) is 0 Å². The smallest absolute Gasteiger partial charge is 0.416 e. The molecule has 4 nitrogen and oxygen atoms in total. The number of rotatable bonds is 4. The number of halogens is 3. The zero-order valence-electron chi connectivity index (χ0n) is 11.8. The van der Waals surface area contributed by atoms with Gasteiger partial charge in [-0.25, -0.2) is 4.79 Å². The minimum atomic E-state index is -4.45. The third kappa shape index (κ3) is 4.32. The van der Waals surface area contributed by atoms with E-state index >= 15 is 0 Å². The Bertz CT molecular complexity index is 724. The van der Waals surface area contributed by atoms with E-state index in [0.717, 1.165) is 12.1 Å². The molecule has 0 atom stereocenters. The van der Waals surface area contributed by atoms with E-state index in [1.165, 1.54) is 36.4 Å². The summed E-state index contributed by atoms with van der Waals surface area (Å²) in [5.41, 5.74) is 4.90. The molecule has 2 aromatic rings. The highest BCUT2D eigenvalue weighted by atomic mass is 19.4. The van der Waals surface area contributed by atoms with Gasteiger partial charge in [-0.15, -0.1) is 0 Å². The second-order valence-corrected chi connectivity index (χ2v) is 4.72. The summed E-state index contributed by atoms with van der Waals surface area (Å²) in [7, 11) is 0. The molecule has 0 saturated carbocycles. The molecule has 0 unspecified atom stereocenters. The Morgan fingerprint density at radius 2 is 1.61 bits per heavy atom. The second kappa shape index (κ2) is 6.51. The summed E-state index contributed by atoms with van der Waals surface area (Å²) in [4.78, 5) is 22.7. The quantitative estimate of drug-likeness (QED) is 0.879. The first-order chi connectivity index (χ1) is 10.8. The number of carbonyl (C=O) groups is 2. The molecule has 0 aliphatic carbocycles. The fourth-order valence-corrected chi connectivity index (χ4v) is 1.84. The highest BCUT2D eigenvalue weighted by Crippen LogP contribution is 2.29. The maximum absolute atomic E-state index is 12.6. The van der Waals surface area contributed by atoms with Crippen LogP contribution in [0.25, 0.3) is 0 Å². The molecule has 0 aliphatic rings. The Morgan fingerprint density at radius 1 is 1.00 bits per heavy atom. The third-order valence-electron chi connectivity index (χ3n) is 3.03. The number of hydrogen-bond donors (Lipinski definition) is 1. The van der Waals surface area contributed by atoms with Crippen molar-refractivity contribution in [1.29, 1.82) is 0 Å². The van der Waals surface area contributed by atoms with Crippen molar-refractivity contribution >= 4 is 11.9 Å². The van der Waals surface area contributed by atoms with Crippen molar-refractivity contribution in [1.82, 2.24) is 0 Å². The molecular formula is C16H12F3NO3. The van der Waals surface area contributed by atoms with Crippen molar-refractivity contribution in [3.63, 3.8) is 0 Å². The predicted octanol–water partition coefficient (Wildman–Crippen LogP) is 3.16. The number of amides is 1. The van der Waals surface area contributed by atoms with Crippen molar-refractivity contribution in [3.8, 4) is 0 Å². The number of esters is 1. The van der Waals surface area contributed by atoms with Gasteiger partial charge >= 0.3 is 12.1 Å². The van der Waals surface area contributed by atoms with Gasteiger partial charge in [0.2, 0.25) is 5.91 Å². The minimum absolute atomic E-state index is 0.168. The van der Waals surface area contributed by atoms with Crippen LogP contribution < -0.4 is 5.73 Å². The topological polar surface area (TPSA) is 69.4 Å². The van der Waals surface area contributed by atoms with Gasteiger partial charge in [0.05, 0.1) is 11.1 Å². The average molecular weight is 323 g/mol. The Morgan fingerprint density at radius 3 is 2.17 bits per heavy atom. The zero-order valence-corrected chi connectivity index (χ0v) is 11.8. The van der Waals surface area contributed by atoms with Crippen molar-refractivity contribution in [2.75, 3.05) is 0 Å². The number of primary amides is 1. The zero-order chi connectivity index (χ0) is 17.0. The van der Waals surface area contributed by atoms with Gasteiger partial charge in [-0.3, -0.25) is 4.79 Å². The van der Waals surface area contributed by atoms with Gasteiger partial charge < -0.3 is 10.5 Å². The molecule has 0 saturated heterocycles. The summed E-state index contributed by atoms with van der Waals surface area (Å²) in [6.07, 6.45) is -4.45. The van der Waals surface area contributed by atoms with Crippen LogP contribution in [0.1, 0.15) is 31.8 Å². The molecule has 1 amide bonds. The SMILES string of the molecule is NC(=O)c1ccc(C(=O)OCc2cccc(C(F)(F)F)c2)cc1. The van der Waals surface area contributed by atoms with Gasteiger partial charge in [0, 0.05) is 5.56 Å². The monoisotopic (exact) mass is 323 g/mol. The Labute approximate surface area is 129 Å². The molecular weight excluding hydrogens is 311 g/mol. The molecule has 2 aromatic carbocycles. The summed E-state index contributed by atoms with van der Waals surface area (Å²) in [6, 6.07) is 9.97. The van der Waals surface area contributed by atoms with E-state index in [0.29, 0.717) is 0 Å². The first kappa shape index (κ1) is 16.5. The maximum Gasteiger partial charge on any atom is 0.416 e. The molecule has 0 aliphatic heterocycles. The Balaban J connectivity index is 2.03. The standard InChI is InChI=1S/C16H12F3NO3/c17-16(18,19)13-3-1-2-10(8-13)9-23-15(22)12-6-4-11(5-7-12)14(20)21/h1-8H,9H2,(H2,20,21). The van der Waals surface area contributed by atoms with Gasteiger partial charge in [0.1, 0.15) is 6.61 Å². The number of hydrogen-bond acceptors (Lipinski definition) is 3. The van der Waals surface area contributed by atoms with E-state index in [4.69, 9.17) is 10.5 Å². The van der Waals surface area contributed by atoms with Crippen molar-refractivity contribution in [2.24, 2.45) is 5.73 Å². The lowest BCUT2D eigenvalue weighted by atomic mass is 10.1. The number of nitrogens with two attached hydrogens (primary N) is 1. The van der Waals surface area contributed by atoms with Gasteiger partial charge in [-0.2, -0.15) is 13.2 Å². The van der Waals surface area contributed by atoms with E-state index in [-0.39, 0.29) is 23.3 Å². The molecule has 7 heteroatoms. The molecule has 0 spiro atoms. The van der Waals surface area contributed by atoms with E-state index in [2.05, 4.69) is 0 Å². The second-order valence-electron chi connectivity index (χ2n) is 4.72. The summed E-state index contributed by atoms with van der Waals surface area (Å²) in [5.74, 6) is -1.34. The first-order valence-electron chi connectivity index (χ1n) is 6.50. The van der Waals surface area contributed by atoms with Crippen LogP contribution in [-0.2, 0) is 17.5 Å². The largest absolute Gasteiger partial charge is 0.457 e. The molecule has 2 rings (SSSR count). The number of benzene rings is 2. The summed E-state index contributed by atoms with van der Waals surface area (Å²) < 4.78 is 42.7. The fraction of sp³-hybridized carbons (Fsp3) is 0.125. The molecule has 2 N–H and O–H groups in total. The highest BCUT2D eigenvalue weighted by molar-refractivity contribution is 5.95. The van der Waals surface area contributed by atoms with Crippen LogP contribution in [0.2, 0.25) is 0 Å². The van der Waals surface area contributed by atoms with Crippen LogP contribution in [0.3, 0.4) is 0 Å². The summed E-state index contributed by atoms with van der Waals surface area (Å²) >= 11 is 0. The number of alkyl halides is 3. The van der Waals surface area contributed by atoms with Gasteiger partial charge in [0.15, 0.2) is 0 Å². The minimum Gasteiger partial charge on any atom is -0.457 e. The normalized spacial score (nSPS) is 11.1. The van der Waals surface area contributed by atoms with Crippen molar-refractivity contribution in [3.05, 3.63) is 70.8 Å². The van der Waals surface area contributed by atoms with Crippen LogP contribution in [0.5, 0.6) is 0 Å². The van der Waals surface area contributed by atoms with Gasteiger partial charge in [-0.05, 0) is 42.0 Å². The predicted molar refractivity (Wildman–Crippen MR) is 75.5 cm³/mol. The molecule has 0 bridgehead atoms. The number of ether oxygens (including phenoxy) is 1. The average Bonchev–Trinajstić information content (AvgIpc) is 2.52. The van der Waals surface area contributed by atoms with Crippen LogP contribution in [0.15, 0.2) is 48.5 Å². The lowest BCUT2D eigenvalue weighted by Crippen LogP contribution is -2.11. The molecule has 0 aromatic heterocycles. The summed E-state index contributed by atoms with van der Waals surface area (Å²) in [5, 5.41) is 0. The fourth-order valence-electron chi connectivity index (χ4n) is 1.84.